The van der Waals surface area contributed by atoms with Gasteiger partial charge in [0.1, 0.15) is 10.9 Å². The predicted molar refractivity (Wildman–Crippen MR) is 121 cm³/mol. The van der Waals surface area contributed by atoms with Gasteiger partial charge >= 0.3 is 0 Å². The molecule has 0 saturated heterocycles. The maximum Gasteiger partial charge on any atom is 0.242 e. The molecule has 0 radical (unpaired) electrons. The highest BCUT2D eigenvalue weighted by Gasteiger charge is 2.28. The fourth-order valence-electron chi connectivity index (χ4n) is 2.73. The molecule has 9 heteroatoms. The van der Waals surface area contributed by atoms with E-state index in [1.54, 1.807) is 24.3 Å². The van der Waals surface area contributed by atoms with Crippen molar-refractivity contribution in [2.24, 2.45) is 0 Å². The lowest BCUT2D eigenvalue weighted by molar-refractivity contribution is -0.117. The van der Waals surface area contributed by atoms with Gasteiger partial charge in [-0.1, -0.05) is 65.1 Å². The first-order valence-electron chi connectivity index (χ1n) is 8.82. The third-order valence-corrected chi connectivity index (χ3v) is 6.63. The van der Waals surface area contributed by atoms with Crippen LogP contribution in [0.25, 0.3) is 0 Å². The monoisotopic (exact) mass is 482 g/mol. The van der Waals surface area contributed by atoms with Crippen molar-refractivity contribution in [2.45, 2.75) is 17.4 Å². The molecule has 2 N–H and O–H groups in total. The van der Waals surface area contributed by atoms with Crippen LogP contribution in [0, 0.1) is 0 Å². The highest BCUT2D eigenvalue weighted by Crippen LogP contribution is 2.25. The number of halogens is 3. The zero-order valence-electron chi connectivity index (χ0n) is 15.5. The van der Waals surface area contributed by atoms with Crippen LogP contribution >= 0.6 is 34.8 Å². The Morgan fingerprint density at radius 2 is 1.50 bits per heavy atom. The topological polar surface area (TPSA) is 75.3 Å². The molecule has 0 aliphatic rings. The summed E-state index contributed by atoms with van der Waals surface area (Å²) in [7, 11) is -4.13. The van der Waals surface area contributed by atoms with Gasteiger partial charge in [-0.2, -0.15) is 4.72 Å². The molecule has 0 bridgehead atoms. The highest BCUT2D eigenvalue weighted by molar-refractivity contribution is 7.89. The van der Waals surface area contributed by atoms with Gasteiger partial charge in [-0.3, -0.25) is 4.79 Å². The van der Waals surface area contributed by atoms with Crippen LogP contribution in [0.3, 0.4) is 0 Å². The standard InChI is InChI=1S/C21H17Cl3N2O3S/c22-15-6-9-17(10-7-15)25-21(27)19(12-14-4-2-1-3-5-14)26-30(28,29)20-13-16(23)8-11-18(20)24/h1-11,13,19,26H,12H2,(H,25,27)/t19-/m0/s1. The summed E-state index contributed by atoms with van der Waals surface area (Å²) in [4.78, 5) is 12.7. The average Bonchev–Trinajstić information content (AvgIpc) is 2.71. The van der Waals surface area contributed by atoms with Crippen molar-refractivity contribution in [3.63, 3.8) is 0 Å². The van der Waals surface area contributed by atoms with Gasteiger partial charge in [0.05, 0.1) is 5.02 Å². The molecule has 30 heavy (non-hydrogen) atoms. The van der Waals surface area contributed by atoms with Crippen LogP contribution in [-0.4, -0.2) is 20.4 Å². The molecule has 1 atom stereocenters. The fourth-order valence-corrected chi connectivity index (χ4v) is 4.82. The number of carbonyl (C=O) groups excluding carboxylic acids is 1. The maximum atomic E-state index is 13.0. The van der Waals surface area contributed by atoms with Crippen molar-refractivity contribution >= 4 is 56.4 Å². The summed E-state index contributed by atoms with van der Waals surface area (Å²) >= 11 is 17.9. The molecule has 1 amide bonds. The van der Waals surface area contributed by atoms with Crippen molar-refractivity contribution in [2.75, 3.05) is 5.32 Å². The lowest BCUT2D eigenvalue weighted by atomic mass is 10.1. The molecule has 3 aromatic carbocycles. The Morgan fingerprint density at radius 1 is 0.867 bits per heavy atom. The van der Waals surface area contributed by atoms with E-state index in [1.165, 1.54) is 18.2 Å². The second kappa shape index (κ2) is 9.81. The number of hydrogen-bond donors (Lipinski definition) is 2. The minimum atomic E-state index is -4.13. The van der Waals surface area contributed by atoms with E-state index in [2.05, 4.69) is 10.0 Å². The molecule has 156 valence electrons. The van der Waals surface area contributed by atoms with Crippen LogP contribution in [0.4, 0.5) is 5.69 Å². The van der Waals surface area contributed by atoms with Crippen LogP contribution in [0.2, 0.25) is 15.1 Å². The van der Waals surface area contributed by atoms with Crippen molar-refractivity contribution in [3.8, 4) is 0 Å². The number of carbonyl (C=O) groups is 1. The summed E-state index contributed by atoms with van der Waals surface area (Å²) in [5.41, 5.74) is 1.27. The number of anilines is 1. The Kier molecular flexibility index (Phi) is 7.39. The number of benzene rings is 3. The average molecular weight is 484 g/mol. The third kappa shape index (κ3) is 5.97. The van der Waals surface area contributed by atoms with Gasteiger partial charge in [-0.25, -0.2) is 8.42 Å². The quantitative estimate of drug-likeness (QED) is 0.486. The van der Waals surface area contributed by atoms with E-state index in [1.807, 2.05) is 30.3 Å². The van der Waals surface area contributed by atoms with Crippen LogP contribution in [0.15, 0.2) is 77.7 Å². The first-order valence-corrected chi connectivity index (χ1v) is 11.4. The van der Waals surface area contributed by atoms with Gasteiger partial charge in [-0.15, -0.1) is 0 Å². The van der Waals surface area contributed by atoms with E-state index < -0.39 is 22.0 Å². The molecule has 0 saturated carbocycles. The Balaban J connectivity index is 1.89. The molecule has 0 heterocycles. The fraction of sp³-hybridized carbons (Fsp3) is 0.0952. The highest BCUT2D eigenvalue weighted by atomic mass is 35.5. The van der Waals surface area contributed by atoms with Crippen LogP contribution < -0.4 is 10.0 Å². The number of nitrogens with one attached hydrogen (secondary N) is 2. The van der Waals surface area contributed by atoms with Crippen molar-refractivity contribution < 1.29 is 13.2 Å². The minimum absolute atomic E-state index is 0.00321. The molecular formula is C21H17Cl3N2O3S. The lowest BCUT2D eigenvalue weighted by Crippen LogP contribution is -2.45. The van der Waals surface area contributed by atoms with Gasteiger partial charge in [-0.05, 0) is 54.4 Å². The molecule has 0 unspecified atom stereocenters. The lowest BCUT2D eigenvalue weighted by Gasteiger charge is -2.19. The van der Waals surface area contributed by atoms with E-state index in [-0.39, 0.29) is 21.4 Å². The summed E-state index contributed by atoms with van der Waals surface area (Å²) < 4.78 is 28.4. The Bertz CT molecular complexity index is 1140. The molecule has 5 nitrogen and oxygen atoms in total. The van der Waals surface area contributed by atoms with Crippen LogP contribution in [-0.2, 0) is 21.2 Å². The number of amides is 1. The number of sulfonamides is 1. The first kappa shape index (κ1) is 22.6. The van der Waals surface area contributed by atoms with Crippen molar-refractivity contribution in [1.29, 1.82) is 0 Å². The van der Waals surface area contributed by atoms with Crippen LogP contribution in [0.1, 0.15) is 5.56 Å². The third-order valence-electron chi connectivity index (χ3n) is 4.19. The second-order valence-electron chi connectivity index (χ2n) is 6.43. The molecule has 3 rings (SSSR count). The Morgan fingerprint density at radius 3 is 2.17 bits per heavy atom. The van der Waals surface area contributed by atoms with E-state index in [0.29, 0.717) is 10.7 Å². The van der Waals surface area contributed by atoms with E-state index in [4.69, 9.17) is 34.8 Å². The SMILES string of the molecule is O=C(Nc1ccc(Cl)cc1)[C@H](Cc1ccccc1)NS(=O)(=O)c1cc(Cl)ccc1Cl. The molecule has 0 aliphatic carbocycles. The first-order chi connectivity index (χ1) is 14.2. The molecule has 0 aliphatic heterocycles. The summed E-state index contributed by atoms with van der Waals surface area (Å²) in [6.07, 6.45) is 0.137. The molecule has 0 fully saturated rings. The number of hydrogen-bond acceptors (Lipinski definition) is 3. The zero-order valence-corrected chi connectivity index (χ0v) is 18.6. The summed E-state index contributed by atoms with van der Waals surface area (Å²) in [6.45, 7) is 0. The summed E-state index contributed by atoms with van der Waals surface area (Å²) in [6, 6.07) is 18.6. The Labute approximate surface area is 190 Å². The summed E-state index contributed by atoms with van der Waals surface area (Å²) in [5, 5.41) is 3.44. The van der Waals surface area contributed by atoms with Crippen LogP contribution in [0.5, 0.6) is 0 Å². The van der Waals surface area contributed by atoms with Crippen molar-refractivity contribution in [3.05, 3.63) is 93.4 Å². The summed E-state index contributed by atoms with van der Waals surface area (Å²) in [5.74, 6) is -0.525. The Hall–Kier alpha value is -2.09. The van der Waals surface area contributed by atoms with E-state index in [9.17, 15) is 13.2 Å². The molecule has 3 aromatic rings. The largest absolute Gasteiger partial charge is 0.325 e. The minimum Gasteiger partial charge on any atom is -0.325 e. The van der Waals surface area contributed by atoms with Gasteiger partial charge in [0.2, 0.25) is 15.9 Å². The molecule has 0 spiro atoms. The van der Waals surface area contributed by atoms with Gasteiger partial charge in [0.15, 0.2) is 0 Å². The second-order valence-corrected chi connectivity index (χ2v) is 9.40. The van der Waals surface area contributed by atoms with E-state index in [0.717, 1.165) is 5.56 Å². The zero-order chi connectivity index (χ0) is 21.7. The van der Waals surface area contributed by atoms with Gasteiger partial charge in [0.25, 0.3) is 0 Å². The maximum absolute atomic E-state index is 13.0. The van der Waals surface area contributed by atoms with Crippen molar-refractivity contribution in [1.82, 2.24) is 4.72 Å². The van der Waals surface area contributed by atoms with Gasteiger partial charge < -0.3 is 5.32 Å². The normalized spacial score (nSPS) is 12.4. The molecule has 0 aromatic heterocycles. The molecular weight excluding hydrogens is 467 g/mol. The van der Waals surface area contributed by atoms with E-state index >= 15 is 0 Å². The number of rotatable bonds is 7. The van der Waals surface area contributed by atoms with Gasteiger partial charge in [0, 0.05) is 15.7 Å². The smallest absolute Gasteiger partial charge is 0.242 e. The predicted octanol–water partition coefficient (Wildman–Crippen LogP) is 5.18.